The quantitative estimate of drug-likeness (QED) is 0.320. The molecule has 3 aromatic rings. The molecule has 0 radical (unpaired) electrons. The molecular formula is C21H26N4O3S3. The zero-order valence-corrected chi connectivity index (χ0v) is 19.9. The lowest BCUT2D eigenvalue weighted by molar-refractivity contribution is 0.285. The topological polar surface area (TPSA) is 89.2 Å². The molecule has 0 aliphatic heterocycles. The predicted octanol–water partition coefficient (Wildman–Crippen LogP) is 4.87. The second kappa shape index (κ2) is 10.2. The van der Waals surface area contributed by atoms with E-state index in [0.717, 1.165) is 47.8 Å². The van der Waals surface area contributed by atoms with Gasteiger partial charge < -0.3 is 4.52 Å². The highest BCUT2D eigenvalue weighted by atomic mass is 32.2. The van der Waals surface area contributed by atoms with Crippen molar-refractivity contribution in [1.29, 1.82) is 0 Å². The normalized spacial score (nSPS) is 15.5. The molecule has 1 fully saturated rings. The van der Waals surface area contributed by atoms with Gasteiger partial charge in [-0.25, -0.2) is 13.4 Å². The Bertz CT molecular complexity index is 1060. The van der Waals surface area contributed by atoms with Gasteiger partial charge >= 0.3 is 0 Å². The van der Waals surface area contributed by atoms with Crippen molar-refractivity contribution in [3.05, 3.63) is 41.7 Å². The van der Waals surface area contributed by atoms with Gasteiger partial charge in [0.2, 0.25) is 21.7 Å². The van der Waals surface area contributed by atoms with Crippen molar-refractivity contribution >= 4 is 33.1 Å². The lowest BCUT2D eigenvalue weighted by atomic mass is 9.96. The molecule has 3 aromatic heterocycles. The van der Waals surface area contributed by atoms with E-state index >= 15 is 0 Å². The number of hydrogen-bond donors (Lipinski definition) is 0. The minimum Gasteiger partial charge on any atom is -0.339 e. The van der Waals surface area contributed by atoms with E-state index in [0.29, 0.717) is 18.1 Å². The molecule has 31 heavy (non-hydrogen) atoms. The Labute approximate surface area is 191 Å². The summed E-state index contributed by atoms with van der Waals surface area (Å²) in [6, 6.07) is 7.48. The smallest absolute Gasteiger partial charge is 0.244 e. The molecule has 4 rings (SSSR count). The van der Waals surface area contributed by atoms with Gasteiger partial charge in [0.1, 0.15) is 4.90 Å². The fourth-order valence-electron chi connectivity index (χ4n) is 3.67. The van der Waals surface area contributed by atoms with Crippen LogP contribution >= 0.6 is 23.1 Å². The van der Waals surface area contributed by atoms with Crippen molar-refractivity contribution in [3.8, 4) is 10.7 Å². The van der Waals surface area contributed by atoms with Gasteiger partial charge in [-0.15, -0.1) is 23.1 Å². The summed E-state index contributed by atoms with van der Waals surface area (Å²) >= 11 is 3.18. The molecule has 0 spiro atoms. The van der Waals surface area contributed by atoms with Gasteiger partial charge in [-0.1, -0.05) is 30.5 Å². The number of aryl methyl sites for hydroxylation is 1. The average molecular weight is 479 g/mol. The number of nitrogens with zero attached hydrogens (tertiary/aromatic N) is 4. The third kappa shape index (κ3) is 5.54. The van der Waals surface area contributed by atoms with Crippen LogP contribution in [0.4, 0.5) is 0 Å². The van der Waals surface area contributed by atoms with Crippen LogP contribution in [0, 0.1) is 0 Å². The molecule has 10 heteroatoms. The molecule has 0 atom stereocenters. The third-order valence-corrected chi connectivity index (χ3v) is 9.26. The number of thiophene rings is 1. The van der Waals surface area contributed by atoms with E-state index in [4.69, 9.17) is 4.52 Å². The predicted molar refractivity (Wildman–Crippen MR) is 123 cm³/mol. The molecule has 1 aliphatic rings. The maximum atomic E-state index is 12.9. The second-order valence-electron chi connectivity index (χ2n) is 7.59. The minimum atomic E-state index is -3.50. The molecule has 166 valence electrons. The number of hydrogen-bond acceptors (Lipinski definition) is 8. The number of aromatic nitrogens is 3. The Hall–Kier alpha value is -1.75. The van der Waals surface area contributed by atoms with Crippen molar-refractivity contribution in [2.24, 2.45) is 0 Å². The Morgan fingerprint density at radius 1 is 1.23 bits per heavy atom. The summed E-state index contributed by atoms with van der Waals surface area (Å²) in [5.74, 6) is 2.09. The van der Waals surface area contributed by atoms with E-state index in [9.17, 15) is 8.42 Å². The van der Waals surface area contributed by atoms with Crippen LogP contribution in [-0.4, -0.2) is 46.7 Å². The van der Waals surface area contributed by atoms with Crippen molar-refractivity contribution in [2.75, 3.05) is 12.8 Å². The summed E-state index contributed by atoms with van der Waals surface area (Å²) in [7, 11) is -1.81. The number of thioether (sulfide) groups is 1. The molecular weight excluding hydrogens is 452 g/mol. The van der Waals surface area contributed by atoms with Crippen LogP contribution in [0.3, 0.4) is 0 Å². The minimum absolute atomic E-state index is 0.0952. The molecule has 3 heterocycles. The molecule has 0 unspecified atom stereocenters. The summed E-state index contributed by atoms with van der Waals surface area (Å²) in [6.07, 6.45) is 8.29. The number of rotatable bonds is 9. The molecule has 7 nitrogen and oxygen atoms in total. The maximum absolute atomic E-state index is 12.9. The highest BCUT2D eigenvalue weighted by Crippen LogP contribution is 2.27. The van der Waals surface area contributed by atoms with Crippen LogP contribution in [-0.2, 0) is 16.4 Å². The summed E-state index contributed by atoms with van der Waals surface area (Å²) < 4.78 is 32.7. The van der Waals surface area contributed by atoms with Gasteiger partial charge in [0, 0.05) is 25.7 Å². The van der Waals surface area contributed by atoms with Gasteiger partial charge in [0.15, 0.2) is 0 Å². The monoisotopic (exact) mass is 478 g/mol. The van der Waals surface area contributed by atoms with E-state index in [1.54, 1.807) is 42.3 Å². The Balaban J connectivity index is 1.26. The first-order valence-corrected chi connectivity index (χ1v) is 13.8. The standard InChI is InChI=1S/C21H26N4O3S3/c1-25(16-7-3-2-4-8-16)31(26,27)17-11-12-20(22-15-17)30-14-6-10-19-23-21(24-28-19)18-9-5-13-29-18/h5,9,11-13,15-16H,2-4,6-8,10,14H2,1H3. The molecule has 0 saturated heterocycles. The third-order valence-electron chi connectivity index (χ3n) is 5.47. The van der Waals surface area contributed by atoms with E-state index in [-0.39, 0.29) is 10.9 Å². The maximum Gasteiger partial charge on any atom is 0.244 e. The summed E-state index contributed by atoms with van der Waals surface area (Å²) in [6.45, 7) is 0. The molecule has 0 bridgehead atoms. The van der Waals surface area contributed by atoms with Crippen LogP contribution in [0.15, 0.2) is 50.3 Å². The van der Waals surface area contributed by atoms with Crippen LogP contribution in [0.1, 0.15) is 44.4 Å². The fraction of sp³-hybridized carbons (Fsp3) is 0.476. The van der Waals surface area contributed by atoms with Crippen molar-refractivity contribution in [3.63, 3.8) is 0 Å². The molecule has 0 amide bonds. The van der Waals surface area contributed by atoms with Crippen LogP contribution in [0.25, 0.3) is 10.7 Å². The van der Waals surface area contributed by atoms with E-state index in [1.165, 1.54) is 16.9 Å². The van der Waals surface area contributed by atoms with Crippen molar-refractivity contribution in [1.82, 2.24) is 19.4 Å². The van der Waals surface area contributed by atoms with Crippen LogP contribution in [0.2, 0.25) is 0 Å². The first-order chi connectivity index (χ1) is 15.0. The Morgan fingerprint density at radius 3 is 2.77 bits per heavy atom. The summed E-state index contributed by atoms with van der Waals surface area (Å²) in [5.41, 5.74) is 0. The molecule has 1 saturated carbocycles. The Morgan fingerprint density at radius 2 is 2.06 bits per heavy atom. The number of pyridine rings is 1. The van der Waals surface area contributed by atoms with E-state index < -0.39 is 10.0 Å². The SMILES string of the molecule is CN(C1CCCCC1)S(=O)(=O)c1ccc(SCCCc2nc(-c3cccs3)no2)nc1. The van der Waals surface area contributed by atoms with Gasteiger partial charge in [0.25, 0.3) is 0 Å². The second-order valence-corrected chi connectivity index (χ2v) is 11.6. The van der Waals surface area contributed by atoms with Gasteiger partial charge in [-0.05, 0) is 48.6 Å². The lowest BCUT2D eigenvalue weighted by Crippen LogP contribution is -2.38. The van der Waals surface area contributed by atoms with Gasteiger partial charge in [-0.3, -0.25) is 0 Å². The lowest BCUT2D eigenvalue weighted by Gasteiger charge is -2.30. The van der Waals surface area contributed by atoms with Gasteiger partial charge in [-0.2, -0.15) is 9.29 Å². The largest absolute Gasteiger partial charge is 0.339 e. The average Bonchev–Trinajstić information content (AvgIpc) is 3.49. The van der Waals surface area contributed by atoms with Gasteiger partial charge in [0.05, 0.1) is 9.90 Å². The van der Waals surface area contributed by atoms with E-state index in [1.807, 2.05) is 17.5 Å². The highest BCUT2D eigenvalue weighted by molar-refractivity contribution is 7.99. The first-order valence-electron chi connectivity index (χ1n) is 10.5. The summed E-state index contributed by atoms with van der Waals surface area (Å²) in [5, 5.41) is 6.82. The zero-order valence-electron chi connectivity index (χ0n) is 17.4. The highest BCUT2D eigenvalue weighted by Gasteiger charge is 2.29. The van der Waals surface area contributed by atoms with Crippen LogP contribution in [0.5, 0.6) is 0 Å². The molecule has 0 aromatic carbocycles. The van der Waals surface area contributed by atoms with Crippen molar-refractivity contribution < 1.29 is 12.9 Å². The number of sulfonamides is 1. The zero-order chi connectivity index (χ0) is 21.7. The van der Waals surface area contributed by atoms with E-state index in [2.05, 4.69) is 15.1 Å². The van der Waals surface area contributed by atoms with Crippen molar-refractivity contribution in [2.45, 2.75) is 60.9 Å². The first kappa shape index (κ1) is 22.4. The molecule has 1 aliphatic carbocycles. The fourth-order valence-corrected chi connectivity index (χ4v) is 6.47. The Kier molecular flexibility index (Phi) is 7.42. The molecule has 0 N–H and O–H groups in total. The van der Waals surface area contributed by atoms with Crippen LogP contribution < -0.4 is 0 Å². The summed E-state index contributed by atoms with van der Waals surface area (Å²) in [4.78, 5) is 10.0.